The third-order valence-electron chi connectivity index (χ3n) is 4.01. The van der Waals surface area contributed by atoms with Crippen LogP contribution < -0.4 is 5.32 Å². The number of methoxy groups -OCH3 is 1. The van der Waals surface area contributed by atoms with Gasteiger partial charge in [0, 0.05) is 26.2 Å². The summed E-state index contributed by atoms with van der Waals surface area (Å²) in [4.78, 5) is 14.7. The van der Waals surface area contributed by atoms with Crippen molar-refractivity contribution in [3.8, 4) is 0 Å². The molecular formula is C14H28N2O2. The molecule has 4 heteroatoms. The number of carbonyl (C=O) groups excluding carboxylic acids is 1. The van der Waals surface area contributed by atoms with Gasteiger partial charge in [-0.2, -0.15) is 0 Å². The lowest BCUT2D eigenvalue weighted by atomic mass is 9.97. The molecule has 1 rings (SSSR count). The minimum atomic E-state index is -0.674. The standard InChI is InChI=1S/C14H28N2O2/c1-5-10-16(12-8-7-9-15-11-12)13(17)14(3,6-2)18-4/h12,15H,5-11H2,1-4H3. The molecule has 4 nitrogen and oxygen atoms in total. The van der Waals surface area contributed by atoms with E-state index in [1.54, 1.807) is 7.11 Å². The molecule has 0 aromatic rings. The van der Waals surface area contributed by atoms with E-state index in [1.165, 1.54) is 0 Å². The Morgan fingerprint density at radius 3 is 2.67 bits per heavy atom. The van der Waals surface area contributed by atoms with Crippen molar-refractivity contribution in [3.63, 3.8) is 0 Å². The number of hydrogen-bond acceptors (Lipinski definition) is 3. The Hall–Kier alpha value is -0.610. The predicted octanol–water partition coefficient (Wildman–Crippen LogP) is 1.79. The maximum atomic E-state index is 12.7. The summed E-state index contributed by atoms with van der Waals surface area (Å²) >= 11 is 0. The van der Waals surface area contributed by atoms with Crippen molar-refractivity contribution in [2.75, 3.05) is 26.7 Å². The molecule has 0 radical (unpaired) electrons. The molecular weight excluding hydrogens is 228 g/mol. The van der Waals surface area contributed by atoms with Crippen molar-refractivity contribution in [1.29, 1.82) is 0 Å². The fourth-order valence-corrected chi connectivity index (χ4v) is 2.48. The molecule has 0 saturated carbocycles. The van der Waals surface area contributed by atoms with E-state index in [0.717, 1.165) is 38.9 Å². The molecule has 1 fully saturated rings. The fourth-order valence-electron chi connectivity index (χ4n) is 2.48. The zero-order valence-electron chi connectivity index (χ0n) is 12.3. The summed E-state index contributed by atoms with van der Waals surface area (Å²) < 4.78 is 5.46. The van der Waals surface area contributed by atoms with Crippen LogP contribution in [-0.2, 0) is 9.53 Å². The lowest BCUT2D eigenvalue weighted by Gasteiger charge is -2.39. The van der Waals surface area contributed by atoms with Crippen molar-refractivity contribution < 1.29 is 9.53 Å². The van der Waals surface area contributed by atoms with Crippen LogP contribution in [0.15, 0.2) is 0 Å². The van der Waals surface area contributed by atoms with Crippen molar-refractivity contribution in [2.24, 2.45) is 0 Å². The van der Waals surface area contributed by atoms with E-state index >= 15 is 0 Å². The monoisotopic (exact) mass is 256 g/mol. The summed E-state index contributed by atoms with van der Waals surface area (Å²) in [5, 5.41) is 3.38. The molecule has 0 aromatic carbocycles. The average molecular weight is 256 g/mol. The number of amides is 1. The van der Waals surface area contributed by atoms with Gasteiger partial charge in [0.05, 0.1) is 0 Å². The van der Waals surface area contributed by atoms with E-state index in [9.17, 15) is 4.79 Å². The van der Waals surface area contributed by atoms with Gasteiger partial charge in [0.15, 0.2) is 0 Å². The first-order valence-electron chi connectivity index (χ1n) is 7.16. The lowest BCUT2D eigenvalue weighted by Crippen LogP contribution is -2.55. The molecule has 0 aromatic heterocycles. The number of nitrogens with zero attached hydrogens (tertiary/aromatic N) is 1. The van der Waals surface area contributed by atoms with E-state index in [2.05, 4.69) is 12.2 Å². The fraction of sp³-hybridized carbons (Fsp3) is 0.929. The van der Waals surface area contributed by atoms with Gasteiger partial charge in [0.1, 0.15) is 5.60 Å². The Morgan fingerprint density at radius 1 is 1.50 bits per heavy atom. The van der Waals surface area contributed by atoms with Gasteiger partial charge in [0.2, 0.25) is 0 Å². The van der Waals surface area contributed by atoms with Gasteiger partial charge in [-0.25, -0.2) is 0 Å². The highest BCUT2D eigenvalue weighted by Gasteiger charge is 2.37. The molecule has 1 amide bonds. The first-order valence-corrected chi connectivity index (χ1v) is 7.16. The van der Waals surface area contributed by atoms with E-state index in [-0.39, 0.29) is 5.91 Å². The van der Waals surface area contributed by atoms with Gasteiger partial charge in [-0.15, -0.1) is 0 Å². The Morgan fingerprint density at radius 2 is 2.22 bits per heavy atom. The molecule has 1 aliphatic rings. The smallest absolute Gasteiger partial charge is 0.254 e. The van der Waals surface area contributed by atoms with E-state index in [4.69, 9.17) is 4.74 Å². The van der Waals surface area contributed by atoms with Gasteiger partial charge in [-0.1, -0.05) is 13.8 Å². The zero-order chi connectivity index (χ0) is 13.6. The first-order chi connectivity index (χ1) is 8.59. The quantitative estimate of drug-likeness (QED) is 0.788. The van der Waals surface area contributed by atoms with Crippen molar-refractivity contribution in [2.45, 2.75) is 58.1 Å². The third kappa shape index (κ3) is 3.45. The van der Waals surface area contributed by atoms with Gasteiger partial charge in [-0.05, 0) is 39.2 Å². The number of ether oxygens (including phenoxy) is 1. The van der Waals surface area contributed by atoms with Gasteiger partial charge in [0.25, 0.3) is 5.91 Å². The van der Waals surface area contributed by atoms with Crippen LogP contribution >= 0.6 is 0 Å². The van der Waals surface area contributed by atoms with Crippen molar-refractivity contribution in [1.82, 2.24) is 10.2 Å². The second-order valence-corrected chi connectivity index (χ2v) is 5.29. The summed E-state index contributed by atoms with van der Waals surface area (Å²) in [6.07, 6.45) is 3.95. The molecule has 2 unspecified atom stereocenters. The van der Waals surface area contributed by atoms with Crippen LogP contribution in [0.5, 0.6) is 0 Å². The van der Waals surface area contributed by atoms with Crippen LogP contribution in [0, 0.1) is 0 Å². The minimum absolute atomic E-state index is 0.142. The molecule has 0 bridgehead atoms. The molecule has 2 atom stereocenters. The number of carbonyl (C=O) groups is 1. The SMILES string of the molecule is CCCN(C(=O)C(C)(CC)OC)C1CCCNC1. The van der Waals surface area contributed by atoms with E-state index < -0.39 is 5.60 Å². The van der Waals surface area contributed by atoms with Crippen LogP contribution in [0.25, 0.3) is 0 Å². The Kier molecular flexibility index (Phi) is 6.09. The number of piperidine rings is 1. The van der Waals surface area contributed by atoms with Gasteiger partial charge < -0.3 is 15.0 Å². The van der Waals surface area contributed by atoms with Crippen LogP contribution in [0.1, 0.15) is 46.5 Å². The first kappa shape index (κ1) is 15.4. The predicted molar refractivity (Wildman–Crippen MR) is 73.6 cm³/mol. The van der Waals surface area contributed by atoms with Gasteiger partial charge in [-0.3, -0.25) is 4.79 Å². The van der Waals surface area contributed by atoms with E-state index in [0.29, 0.717) is 12.5 Å². The zero-order valence-corrected chi connectivity index (χ0v) is 12.3. The summed E-state index contributed by atoms with van der Waals surface area (Å²) in [5.41, 5.74) is -0.674. The highest BCUT2D eigenvalue weighted by molar-refractivity contribution is 5.85. The summed E-state index contributed by atoms with van der Waals surface area (Å²) in [5.74, 6) is 0.142. The van der Waals surface area contributed by atoms with E-state index in [1.807, 2.05) is 18.7 Å². The Bertz CT molecular complexity index is 259. The second-order valence-electron chi connectivity index (χ2n) is 5.29. The third-order valence-corrected chi connectivity index (χ3v) is 4.01. The molecule has 1 aliphatic heterocycles. The van der Waals surface area contributed by atoms with Crippen LogP contribution in [0.2, 0.25) is 0 Å². The molecule has 0 spiro atoms. The number of nitrogens with one attached hydrogen (secondary N) is 1. The topological polar surface area (TPSA) is 41.6 Å². The largest absolute Gasteiger partial charge is 0.369 e. The lowest BCUT2D eigenvalue weighted by molar-refractivity contribution is -0.156. The highest BCUT2D eigenvalue weighted by Crippen LogP contribution is 2.21. The maximum Gasteiger partial charge on any atom is 0.254 e. The molecule has 1 saturated heterocycles. The number of rotatable bonds is 6. The van der Waals surface area contributed by atoms with Gasteiger partial charge >= 0.3 is 0 Å². The molecule has 106 valence electrons. The van der Waals surface area contributed by atoms with Crippen LogP contribution in [-0.4, -0.2) is 49.2 Å². The minimum Gasteiger partial charge on any atom is -0.369 e. The summed E-state index contributed by atoms with van der Waals surface area (Å²) in [6.45, 7) is 8.82. The summed E-state index contributed by atoms with van der Waals surface area (Å²) in [6, 6.07) is 0.326. The maximum absolute atomic E-state index is 12.7. The molecule has 0 aliphatic carbocycles. The average Bonchev–Trinajstić information content (AvgIpc) is 2.44. The van der Waals surface area contributed by atoms with Crippen LogP contribution in [0.3, 0.4) is 0 Å². The van der Waals surface area contributed by atoms with Crippen molar-refractivity contribution >= 4 is 5.91 Å². The number of hydrogen-bond donors (Lipinski definition) is 1. The second kappa shape index (κ2) is 7.10. The highest BCUT2D eigenvalue weighted by atomic mass is 16.5. The Balaban J connectivity index is 2.79. The van der Waals surface area contributed by atoms with Crippen LogP contribution in [0.4, 0.5) is 0 Å². The normalized spacial score (nSPS) is 23.4. The molecule has 18 heavy (non-hydrogen) atoms. The van der Waals surface area contributed by atoms with Crippen molar-refractivity contribution in [3.05, 3.63) is 0 Å². The molecule has 1 heterocycles. The summed E-state index contributed by atoms with van der Waals surface area (Å²) in [7, 11) is 1.63. The Labute approximate surface area is 111 Å². The molecule has 1 N–H and O–H groups in total.